The lowest BCUT2D eigenvalue weighted by molar-refractivity contribution is -0.121. The van der Waals surface area contributed by atoms with Crippen LogP contribution in [-0.2, 0) is 20.8 Å². The molecule has 134 valence electrons. The minimum Gasteiger partial charge on any atom is -0.465 e. The second-order valence-electron chi connectivity index (χ2n) is 5.67. The minimum atomic E-state index is -0.365. The molecule has 1 aromatic heterocycles. The van der Waals surface area contributed by atoms with E-state index in [1.807, 2.05) is 12.1 Å². The summed E-state index contributed by atoms with van der Waals surface area (Å²) in [6.07, 6.45) is -0.348. The molecule has 2 aromatic rings. The van der Waals surface area contributed by atoms with Crippen molar-refractivity contribution in [2.24, 2.45) is 0 Å². The highest BCUT2D eigenvalue weighted by molar-refractivity contribution is 5.89. The first-order chi connectivity index (χ1) is 12.2. The van der Waals surface area contributed by atoms with E-state index in [1.165, 1.54) is 7.11 Å². The Morgan fingerprint density at radius 3 is 2.56 bits per heavy atom. The molecular formula is C16H21N5O4. The standard InChI is InChI=1S/C16H21N5O4/c1-23-13(24-2)10-20-8-9-21-15(17-18-19-21)14(20)11-4-6-12(7-5-11)16(22)25-3/h4-7,13-14H,8-10H2,1-3H3. The molecule has 0 fully saturated rings. The van der Waals surface area contributed by atoms with Gasteiger partial charge < -0.3 is 14.2 Å². The van der Waals surface area contributed by atoms with Gasteiger partial charge in [0.25, 0.3) is 0 Å². The van der Waals surface area contributed by atoms with E-state index in [0.29, 0.717) is 18.7 Å². The van der Waals surface area contributed by atoms with Crippen LogP contribution < -0.4 is 0 Å². The summed E-state index contributed by atoms with van der Waals surface area (Å²) in [5, 5.41) is 12.0. The summed E-state index contributed by atoms with van der Waals surface area (Å²) < 4.78 is 17.2. The largest absolute Gasteiger partial charge is 0.465 e. The number of rotatable bonds is 6. The summed E-state index contributed by atoms with van der Waals surface area (Å²) in [7, 11) is 4.59. The van der Waals surface area contributed by atoms with E-state index >= 15 is 0 Å². The van der Waals surface area contributed by atoms with Gasteiger partial charge in [-0.15, -0.1) is 5.10 Å². The molecule has 25 heavy (non-hydrogen) atoms. The quantitative estimate of drug-likeness (QED) is 0.550. The van der Waals surface area contributed by atoms with Crippen LogP contribution in [0.2, 0.25) is 0 Å². The fourth-order valence-corrected chi connectivity index (χ4v) is 2.99. The van der Waals surface area contributed by atoms with Gasteiger partial charge in [-0.05, 0) is 28.1 Å². The Kier molecular flexibility index (Phi) is 5.37. The first-order valence-corrected chi connectivity index (χ1v) is 7.92. The van der Waals surface area contributed by atoms with Gasteiger partial charge >= 0.3 is 5.97 Å². The first-order valence-electron chi connectivity index (χ1n) is 7.92. The van der Waals surface area contributed by atoms with Crippen molar-refractivity contribution in [3.63, 3.8) is 0 Å². The number of nitrogens with zero attached hydrogens (tertiary/aromatic N) is 5. The third-order valence-electron chi connectivity index (χ3n) is 4.33. The lowest BCUT2D eigenvalue weighted by atomic mass is 10.0. The molecule has 2 heterocycles. The van der Waals surface area contributed by atoms with Gasteiger partial charge in [0.2, 0.25) is 0 Å². The van der Waals surface area contributed by atoms with Crippen molar-refractivity contribution in [2.45, 2.75) is 18.9 Å². The van der Waals surface area contributed by atoms with Crippen molar-refractivity contribution in [3.8, 4) is 0 Å². The summed E-state index contributed by atoms with van der Waals surface area (Å²) in [6.45, 7) is 2.02. The van der Waals surface area contributed by atoms with Crippen LogP contribution in [0.4, 0.5) is 0 Å². The second kappa shape index (κ2) is 7.68. The van der Waals surface area contributed by atoms with Crippen molar-refractivity contribution in [2.75, 3.05) is 34.4 Å². The molecule has 0 N–H and O–H groups in total. The van der Waals surface area contributed by atoms with E-state index in [0.717, 1.165) is 17.9 Å². The topological polar surface area (TPSA) is 91.6 Å². The highest BCUT2D eigenvalue weighted by Gasteiger charge is 2.33. The predicted octanol–water partition coefficient (Wildman–Crippen LogP) is 0.484. The molecule has 0 saturated heterocycles. The first kappa shape index (κ1) is 17.5. The maximum absolute atomic E-state index is 11.6. The van der Waals surface area contributed by atoms with E-state index in [4.69, 9.17) is 14.2 Å². The van der Waals surface area contributed by atoms with Crippen molar-refractivity contribution in [1.29, 1.82) is 0 Å². The lowest BCUT2D eigenvalue weighted by Crippen LogP contribution is -2.44. The average molecular weight is 347 g/mol. The van der Waals surface area contributed by atoms with E-state index in [2.05, 4.69) is 20.4 Å². The molecule has 0 saturated carbocycles. The monoisotopic (exact) mass is 347 g/mol. The molecular weight excluding hydrogens is 326 g/mol. The normalized spacial score (nSPS) is 17.5. The maximum atomic E-state index is 11.6. The van der Waals surface area contributed by atoms with E-state index in [1.54, 1.807) is 31.0 Å². The highest BCUT2D eigenvalue weighted by Crippen LogP contribution is 2.30. The summed E-state index contributed by atoms with van der Waals surface area (Å²) in [5.74, 6) is 0.388. The van der Waals surface area contributed by atoms with Gasteiger partial charge in [-0.1, -0.05) is 12.1 Å². The number of fused-ring (bicyclic) bond motifs is 1. The molecule has 3 rings (SSSR count). The van der Waals surface area contributed by atoms with Gasteiger partial charge in [0.05, 0.1) is 31.8 Å². The fourth-order valence-electron chi connectivity index (χ4n) is 2.99. The fraction of sp³-hybridized carbons (Fsp3) is 0.500. The summed E-state index contributed by atoms with van der Waals surface area (Å²) in [5.41, 5.74) is 1.48. The molecule has 1 aliphatic rings. The molecule has 0 bridgehead atoms. The van der Waals surface area contributed by atoms with Gasteiger partial charge in [0, 0.05) is 20.8 Å². The minimum absolute atomic E-state index is 0.150. The van der Waals surface area contributed by atoms with E-state index < -0.39 is 0 Å². The van der Waals surface area contributed by atoms with Gasteiger partial charge in [-0.2, -0.15) is 0 Å². The molecule has 0 spiro atoms. The average Bonchev–Trinajstić information content (AvgIpc) is 3.14. The van der Waals surface area contributed by atoms with Crippen LogP contribution in [0.25, 0.3) is 0 Å². The zero-order valence-corrected chi connectivity index (χ0v) is 14.5. The smallest absolute Gasteiger partial charge is 0.337 e. The number of tetrazole rings is 1. The van der Waals surface area contributed by atoms with Gasteiger partial charge in [-0.3, -0.25) is 4.90 Å². The lowest BCUT2D eigenvalue weighted by Gasteiger charge is -2.36. The number of carbonyl (C=O) groups excluding carboxylic acids is 1. The van der Waals surface area contributed by atoms with Crippen LogP contribution in [0.1, 0.15) is 27.8 Å². The predicted molar refractivity (Wildman–Crippen MR) is 86.8 cm³/mol. The van der Waals surface area contributed by atoms with Gasteiger partial charge in [-0.25, -0.2) is 9.48 Å². The highest BCUT2D eigenvalue weighted by atomic mass is 16.7. The zero-order valence-electron chi connectivity index (χ0n) is 14.5. The Balaban J connectivity index is 1.92. The number of ether oxygens (including phenoxy) is 3. The summed E-state index contributed by atoms with van der Waals surface area (Å²) in [4.78, 5) is 13.8. The Labute approximate surface area is 145 Å². The number of carbonyl (C=O) groups is 1. The molecule has 0 amide bonds. The number of benzene rings is 1. The van der Waals surface area contributed by atoms with Crippen molar-refractivity contribution in [1.82, 2.24) is 25.1 Å². The number of aromatic nitrogens is 4. The summed E-state index contributed by atoms with van der Waals surface area (Å²) >= 11 is 0. The molecule has 9 nitrogen and oxygen atoms in total. The molecule has 0 radical (unpaired) electrons. The Bertz CT molecular complexity index is 714. The van der Waals surface area contributed by atoms with Crippen molar-refractivity contribution >= 4 is 5.97 Å². The third-order valence-corrected chi connectivity index (χ3v) is 4.33. The molecule has 9 heteroatoms. The molecule has 1 aromatic carbocycles. The maximum Gasteiger partial charge on any atom is 0.337 e. The Morgan fingerprint density at radius 1 is 1.20 bits per heavy atom. The van der Waals surface area contributed by atoms with Crippen LogP contribution >= 0.6 is 0 Å². The van der Waals surface area contributed by atoms with Crippen LogP contribution in [0, 0.1) is 0 Å². The van der Waals surface area contributed by atoms with Crippen molar-refractivity contribution in [3.05, 3.63) is 41.2 Å². The summed E-state index contributed by atoms with van der Waals surface area (Å²) in [6, 6.07) is 7.12. The van der Waals surface area contributed by atoms with E-state index in [9.17, 15) is 4.79 Å². The zero-order chi connectivity index (χ0) is 17.8. The van der Waals surface area contributed by atoms with Gasteiger partial charge in [0.1, 0.15) is 0 Å². The number of esters is 1. The Hall–Kier alpha value is -2.36. The molecule has 0 aliphatic carbocycles. The molecule has 1 unspecified atom stereocenters. The number of hydrogen-bond acceptors (Lipinski definition) is 8. The van der Waals surface area contributed by atoms with Crippen LogP contribution in [0.15, 0.2) is 24.3 Å². The second-order valence-corrected chi connectivity index (χ2v) is 5.67. The van der Waals surface area contributed by atoms with Crippen molar-refractivity contribution < 1.29 is 19.0 Å². The van der Waals surface area contributed by atoms with E-state index in [-0.39, 0.29) is 18.3 Å². The third kappa shape index (κ3) is 3.53. The van der Waals surface area contributed by atoms with Crippen LogP contribution in [0.3, 0.4) is 0 Å². The number of methoxy groups -OCH3 is 3. The number of hydrogen-bond donors (Lipinski definition) is 0. The molecule has 1 aliphatic heterocycles. The van der Waals surface area contributed by atoms with Gasteiger partial charge in [0.15, 0.2) is 12.1 Å². The SMILES string of the molecule is COC(=O)c1ccc(C2c3nnnn3CCN2CC(OC)OC)cc1. The Morgan fingerprint density at radius 2 is 1.92 bits per heavy atom. The molecule has 1 atom stereocenters. The van der Waals surface area contributed by atoms with Crippen LogP contribution in [-0.4, -0.2) is 71.8 Å². The van der Waals surface area contributed by atoms with Crippen LogP contribution in [0.5, 0.6) is 0 Å².